The van der Waals surface area contributed by atoms with Gasteiger partial charge in [0.25, 0.3) is 0 Å². The van der Waals surface area contributed by atoms with E-state index in [1.54, 1.807) is 24.3 Å². The maximum absolute atomic E-state index is 13.9. The second-order valence-electron chi connectivity index (χ2n) is 6.88. The lowest BCUT2D eigenvalue weighted by molar-refractivity contribution is -0.0194. The van der Waals surface area contributed by atoms with Crippen molar-refractivity contribution in [2.45, 2.75) is 51.2 Å². The first-order valence-electron chi connectivity index (χ1n) is 9.45. The van der Waals surface area contributed by atoms with E-state index in [1.807, 2.05) is 0 Å². The summed E-state index contributed by atoms with van der Waals surface area (Å²) in [5.74, 6) is -1.63. The summed E-state index contributed by atoms with van der Waals surface area (Å²) in [7, 11) is 0. The maximum atomic E-state index is 13.9. The standard InChI is InChI=1S/C22H24F2O3/c1-2-13-26-18-8-10-19(11-9-18)27-22(25)16-5-3-15(4-6-16)20-12-7-17(23)14-21(20)24/h3-7,12,14,18-19H,2,8-11,13H2,1H3/t18-,19-. The predicted octanol–water partition coefficient (Wildman–Crippen LogP) is 5.53. The molecule has 0 aliphatic heterocycles. The van der Waals surface area contributed by atoms with Crippen LogP contribution in [-0.2, 0) is 9.47 Å². The molecule has 144 valence electrons. The SMILES string of the molecule is CCCO[C@H]1CC[C@H](OC(=O)c2ccc(-c3ccc(F)cc3F)cc2)CC1. The molecule has 2 aromatic rings. The van der Waals surface area contributed by atoms with Gasteiger partial charge in [-0.05, 0) is 61.9 Å². The van der Waals surface area contributed by atoms with Crippen molar-refractivity contribution in [2.24, 2.45) is 0 Å². The Morgan fingerprint density at radius 1 is 1.00 bits per heavy atom. The Labute approximate surface area is 158 Å². The second kappa shape index (κ2) is 9.09. The zero-order valence-corrected chi connectivity index (χ0v) is 15.4. The topological polar surface area (TPSA) is 35.5 Å². The van der Waals surface area contributed by atoms with Gasteiger partial charge in [0.2, 0.25) is 0 Å². The van der Waals surface area contributed by atoms with Crippen molar-refractivity contribution in [2.75, 3.05) is 6.61 Å². The first kappa shape index (κ1) is 19.5. The van der Waals surface area contributed by atoms with Crippen molar-refractivity contribution < 1.29 is 23.0 Å². The van der Waals surface area contributed by atoms with Crippen molar-refractivity contribution in [3.05, 3.63) is 59.7 Å². The third-order valence-corrected chi connectivity index (χ3v) is 4.82. The quantitative estimate of drug-likeness (QED) is 0.624. The molecule has 3 rings (SSSR count). The van der Waals surface area contributed by atoms with Gasteiger partial charge in [-0.2, -0.15) is 0 Å². The minimum Gasteiger partial charge on any atom is -0.459 e. The maximum Gasteiger partial charge on any atom is 0.338 e. The molecule has 0 heterocycles. The summed E-state index contributed by atoms with van der Waals surface area (Å²) in [5, 5.41) is 0. The Balaban J connectivity index is 1.57. The number of esters is 1. The van der Waals surface area contributed by atoms with Crippen LogP contribution >= 0.6 is 0 Å². The predicted molar refractivity (Wildman–Crippen MR) is 99.5 cm³/mol. The molecule has 1 fully saturated rings. The molecule has 0 spiro atoms. The van der Waals surface area contributed by atoms with Crippen LogP contribution in [0.3, 0.4) is 0 Å². The molecule has 3 nitrogen and oxygen atoms in total. The average molecular weight is 374 g/mol. The molecule has 5 heteroatoms. The van der Waals surface area contributed by atoms with Gasteiger partial charge >= 0.3 is 5.97 Å². The summed E-state index contributed by atoms with van der Waals surface area (Å²) >= 11 is 0. The van der Waals surface area contributed by atoms with Crippen LogP contribution in [0, 0.1) is 11.6 Å². The first-order valence-corrected chi connectivity index (χ1v) is 9.45. The van der Waals surface area contributed by atoms with Crippen molar-refractivity contribution in [1.29, 1.82) is 0 Å². The molecule has 0 atom stereocenters. The van der Waals surface area contributed by atoms with Crippen LogP contribution in [0.15, 0.2) is 42.5 Å². The molecule has 27 heavy (non-hydrogen) atoms. The lowest BCUT2D eigenvalue weighted by atomic mass is 9.95. The Morgan fingerprint density at radius 2 is 1.67 bits per heavy atom. The molecular weight excluding hydrogens is 350 g/mol. The summed E-state index contributed by atoms with van der Waals surface area (Å²) in [6.07, 6.45) is 4.60. The van der Waals surface area contributed by atoms with E-state index in [-0.39, 0.29) is 18.2 Å². The highest BCUT2D eigenvalue weighted by atomic mass is 19.1. The second-order valence-corrected chi connectivity index (χ2v) is 6.88. The molecule has 0 aromatic heterocycles. The molecule has 0 saturated heterocycles. The highest BCUT2D eigenvalue weighted by Crippen LogP contribution is 2.26. The largest absolute Gasteiger partial charge is 0.459 e. The highest BCUT2D eigenvalue weighted by Gasteiger charge is 2.24. The van der Waals surface area contributed by atoms with Gasteiger partial charge in [-0.15, -0.1) is 0 Å². The van der Waals surface area contributed by atoms with Crippen molar-refractivity contribution in [3.63, 3.8) is 0 Å². The van der Waals surface area contributed by atoms with E-state index >= 15 is 0 Å². The average Bonchev–Trinajstić information content (AvgIpc) is 2.67. The molecule has 0 radical (unpaired) electrons. The number of halogens is 2. The van der Waals surface area contributed by atoms with Crippen LogP contribution in [0.4, 0.5) is 8.78 Å². The molecule has 1 saturated carbocycles. The molecule has 0 unspecified atom stereocenters. The van der Waals surface area contributed by atoms with Crippen molar-refractivity contribution >= 4 is 5.97 Å². The molecule has 2 aromatic carbocycles. The van der Waals surface area contributed by atoms with Crippen LogP contribution < -0.4 is 0 Å². The Kier molecular flexibility index (Phi) is 6.56. The minimum atomic E-state index is -0.632. The van der Waals surface area contributed by atoms with Crippen LogP contribution in [0.1, 0.15) is 49.4 Å². The van der Waals surface area contributed by atoms with Crippen molar-refractivity contribution in [1.82, 2.24) is 0 Å². The summed E-state index contributed by atoms with van der Waals surface area (Å²) < 4.78 is 38.2. The van der Waals surface area contributed by atoms with E-state index in [0.717, 1.165) is 44.8 Å². The van der Waals surface area contributed by atoms with Gasteiger partial charge in [-0.1, -0.05) is 19.1 Å². The van der Waals surface area contributed by atoms with E-state index < -0.39 is 11.6 Å². The van der Waals surface area contributed by atoms with Gasteiger partial charge in [0, 0.05) is 18.2 Å². The number of benzene rings is 2. The Hall–Kier alpha value is -2.27. The van der Waals surface area contributed by atoms with Crippen molar-refractivity contribution in [3.8, 4) is 11.1 Å². The smallest absolute Gasteiger partial charge is 0.338 e. The van der Waals surface area contributed by atoms with Gasteiger partial charge in [0.15, 0.2) is 0 Å². The zero-order valence-electron chi connectivity index (χ0n) is 15.4. The molecule has 1 aliphatic carbocycles. The third-order valence-electron chi connectivity index (χ3n) is 4.82. The normalized spacial score (nSPS) is 19.7. The van der Waals surface area contributed by atoms with E-state index in [1.165, 1.54) is 12.1 Å². The van der Waals surface area contributed by atoms with Crippen LogP contribution in [0.25, 0.3) is 11.1 Å². The summed E-state index contributed by atoms with van der Waals surface area (Å²) in [5.41, 5.74) is 1.30. The number of hydrogen-bond donors (Lipinski definition) is 0. The van der Waals surface area contributed by atoms with Gasteiger partial charge in [-0.3, -0.25) is 0 Å². The summed E-state index contributed by atoms with van der Waals surface area (Å²) in [6.45, 7) is 2.86. The van der Waals surface area contributed by atoms with Gasteiger partial charge < -0.3 is 9.47 Å². The fourth-order valence-electron chi connectivity index (χ4n) is 3.33. The van der Waals surface area contributed by atoms with E-state index in [9.17, 15) is 13.6 Å². The molecular formula is C22H24F2O3. The van der Waals surface area contributed by atoms with Gasteiger partial charge in [0.1, 0.15) is 17.7 Å². The van der Waals surface area contributed by atoms with E-state index in [2.05, 4.69) is 6.92 Å². The van der Waals surface area contributed by atoms with Gasteiger partial charge in [-0.25, -0.2) is 13.6 Å². The van der Waals surface area contributed by atoms with Gasteiger partial charge in [0.05, 0.1) is 11.7 Å². The first-order chi connectivity index (χ1) is 13.1. The third kappa shape index (κ3) is 5.13. The minimum absolute atomic E-state index is 0.0896. The Morgan fingerprint density at radius 3 is 2.30 bits per heavy atom. The van der Waals surface area contributed by atoms with Crippen LogP contribution in [-0.4, -0.2) is 24.8 Å². The zero-order chi connectivity index (χ0) is 19.2. The number of hydrogen-bond acceptors (Lipinski definition) is 3. The molecule has 0 N–H and O–H groups in total. The molecule has 0 bridgehead atoms. The highest BCUT2D eigenvalue weighted by molar-refractivity contribution is 5.90. The number of carbonyl (C=O) groups excluding carboxylic acids is 1. The fraction of sp³-hybridized carbons (Fsp3) is 0.409. The number of carbonyl (C=O) groups is 1. The lowest BCUT2D eigenvalue weighted by Crippen LogP contribution is -2.28. The van der Waals surface area contributed by atoms with E-state index in [4.69, 9.17) is 9.47 Å². The lowest BCUT2D eigenvalue weighted by Gasteiger charge is -2.28. The van der Waals surface area contributed by atoms with E-state index in [0.29, 0.717) is 16.7 Å². The summed E-state index contributed by atoms with van der Waals surface area (Å²) in [6, 6.07) is 9.94. The van der Waals surface area contributed by atoms with Crippen LogP contribution in [0.2, 0.25) is 0 Å². The summed E-state index contributed by atoms with van der Waals surface area (Å²) in [4.78, 5) is 12.3. The molecule has 0 amide bonds. The monoisotopic (exact) mass is 374 g/mol. The van der Waals surface area contributed by atoms with Crippen LogP contribution in [0.5, 0.6) is 0 Å². The fourth-order valence-corrected chi connectivity index (χ4v) is 3.33. The number of ether oxygens (including phenoxy) is 2. The molecule has 1 aliphatic rings. The number of rotatable bonds is 6. The Bertz CT molecular complexity index is 766.